The summed E-state index contributed by atoms with van der Waals surface area (Å²) in [7, 11) is 3.42. The SMILES string of the molecule is COCCN(CCC(C)(C)C#N)C(C)COC. The van der Waals surface area contributed by atoms with Gasteiger partial charge in [-0.25, -0.2) is 0 Å². The van der Waals surface area contributed by atoms with E-state index in [1.54, 1.807) is 14.2 Å². The van der Waals surface area contributed by atoms with E-state index in [4.69, 9.17) is 14.7 Å². The number of methoxy groups -OCH3 is 2. The number of nitriles is 1. The second kappa shape index (κ2) is 8.46. The maximum atomic E-state index is 9.01. The van der Waals surface area contributed by atoms with Gasteiger partial charge in [0.25, 0.3) is 0 Å². The van der Waals surface area contributed by atoms with E-state index in [-0.39, 0.29) is 5.41 Å². The molecule has 0 N–H and O–H groups in total. The van der Waals surface area contributed by atoms with Gasteiger partial charge >= 0.3 is 0 Å². The lowest BCUT2D eigenvalue weighted by molar-refractivity contribution is 0.0700. The first-order chi connectivity index (χ1) is 7.96. The minimum Gasteiger partial charge on any atom is -0.383 e. The monoisotopic (exact) mass is 242 g/mol. The lowest BCUT2D eigenvalue weighted by atomic mass is 9.91. The van der Waals surface area contributed by atoms with E-state index in [9.17, 15) is 0 Å². The van der Waals surface area contributed by atoms with Crippen molar-refractivity contribution in [1.82, 2.24) is 4.90 Å². The highest BCUT2D eigenvalue weighted by Crippen LogP contribution is 2.19. The van der Waals surface area contributed by atoms with Crippen LogP contribution in [0.3, 0.4) is 0 Å². The van der Waals surface area contributed by atoms with Crippen molar-refractivity contribution in [1.29, 1.82) is 5.26 Å². The molecule has 0 saturated heterocycles. The number of hydrogen-bond acceptors (Lipinski definition) is 4. The van der Waals surface area contributed by atoms with E-state index in [1.807, 2.05) is 13.8 Å². The zero-order valence-corrected chi connectivity index (χ0v) is 11.8. The summed E-state index contributed by atoms with van der Waals surface area (Å²) in [4.78, 5) is 2.31. The van der Waals surface area contributed by atoms with Crippen LogP contribution in [0.2, 0.25) is 0 Å². The summed E-state index contributed by atoms with van der Waals surface area (Å²) in [6, 6.07) is 2.69. The first-order valence-electron chi connectivity index (χ1n) is 6.10. The van der Waals surface area contributed by atoms with E-state index in [1.165, 1.54) is 0 Å². The second-order valence-electron chi connectivity index (χ2n) is 5.08. The third-order valence-corrected chi connectivity index (χ3v) is 2.94. The highest BCUT2D eigenvalue weighted by Gasteiger charge is 2.20. The Hall–Kier alpha value is -0.630. The lowest BCUT2D eigenvalue weighted by Gasteiger charge is -2.30. The van der Waals surface area contributed by atoms with Gasteiger partial charge in [-0.2, -0.15) is 5.26 Å². The molecule has 0 amide bonds. The van der Waals surface area contributed by atoms with Gasteiger partial charge in [-0.05, 0) is 27.2 Å². The van der Waals surface area contributed by atoms with Gasteiger partial charge in [-0.3, -0.25) is 4.90 Å². The van der Waals surface area contributed by atoms with Crippen LogP contribution in [0.1, 0.15) is 27.2 Å². The Labute approximate surface area is 105 Å². The van der Waals surface area contributed by atoms with Gasteiger partial charge in [-0.15, -0.1) is 0 Å². The molecule has 0 heterocycles. The highest BCUT2D eigenvalue weighted by atomic mass is 16.5. The summed E-state index contributed by atoms with van der Waals surface area (Å²) in [6.45, 7) is 9.28. The largest absolute Gasteiger partial charge is 0.383 e. The van der Waals surface area contributed by atoms with Crippen LogP contribution in [0, 0.1) is 16.7 Å². The third kappa shape index (κ3) is 7.32. The van der Waals surface area contributed by atoms with Crippen molar-refractivity contribution in [3.05, 3.63) is 0 Å². The summed E-state index contributed by atoms with van der Waals surface area (Å²) < 4.78 is 10.3. The lowest BCUT2D eigenvalue weighted by Crippen LogP contribution is -2.40. The van der Waals surface area contributed by atoms with E-state index in [2.05, 4.69) is 17.9 Å². The molecule has 0 aliphatic rings. The zero-order valence-electron chi connectivity index (χ0n) is 11.8. The maximum Gasteiger partial charge on any atom is 0.0684 e. The van der Waals surface area contributed by atoms with Crippen molar-refractivity contribution in [3.63, 3.8) is 0 Å². The molecule has 0 aliphatic heterocycles. The van der Waals surface area contributed by atoms with Gasteiger partial charge < -0.3 is 9.47 Å². The fraction of sp³-hybridized carbons (Fsp3) is 0.923. The summed E-state index contributed by atoms with van der Waals surface area (Å²) in [5, 5.41) is 9.01. The van der Waals surface area contributed by atoms with Crippen LogP contribution >= 0.6 is 0 Å². The van der Waals surface area contributed by atoms with Gasteiger partial charge in [0.2, 0.25) is 0 Å². The third-order valence-electron chi connectivity index (χ3n) is 2.94. The Morgan fingerprint density at radius 1 is 1.24 bits per heavy atom. The van der Waals surface area contributed by atoms with Crippen LogP contribution in [0.15, 0.2) is 0 Å². The first kappa shape index (κ1) is 16.4. The van der Waals surface area contributed by atoms with Crippen LogP contribution in [0.5, 0.6) is 0 Å². The van der Waals surface area contributed by atoms with Gasteiger partial charge in [0.1, 0.15) is 0 Å². The Morgan fingerprint density at radius 2 is 1.88 bits per heavy atom. The normalized spacial score (nSPS) is 13.7. The average molecular weight is 242 g/mol. The molecule has 0 radical (unpaired) electrons. The average Bonchev–Trinajstić information content (AvgIpc) is 2.29. The quantitative estimate of drug-likeness (QED) is 0.619. The standard InChI is InChI=1S/C13H26N2O2/c1-12(10-17-5)15(8-9-16-4)7-6-13(2,3)11-14/h12H,6-10H2,1-5H3. The molecule has 0 fully saturated rings. The van der Waals surface area contributed by atoms with Crippen molar-refractivity contribution in [2.45, 2.75) is 33.2 Å². The molecular formula is C13H26N2O2. The number of hydrogen-bond donors (Lipinski definition) is 0. The second-order valence-corrected chi connectivity index (χ2v) is 5.08. The minimum atomic E-state index is -0.266. The fourth-order valence-electron chi connectivity index (χ4n) is 1.59. The molecule has 100 valence electrons. The Bertz CT molecular complexity index is 236. The predicted octanol–water partition coefficient (Wildman–Crippen LogP) is 1.91. The topological polar surface area (TPSA) is 45.5 Å². The van der Waals surface area contributed by atoms with Crippen molar-refractivity contribution in [2.75, 3.05) is 40.5 Å². The number of ether oxygens (including phenoxy) is 2. The van der Waals surface area contributed by atoms with Crippen LogP contribution in [-0.2, 0) is 9.47 Å². The Balaban J connectivity index is 4.24. The molecule has 0 aromatic heterocycles. The fourth-order valence-corrected chi connectivity index (χ4v) is 1.59. The maximum absolute atomic E-state index is 9.01. The Kier molecular flexibility index (Phi) is 8.15. The van der Waals surface area contributed by atoms with Crippen LogP contribution in [-0.4, -0.2) is 51.5 Å². The molecule has 0 rings (SSSR count). The number of nitrogens with zero attached hydrogens (tertiary/aromatic N) is 2. The van der Waals surface area contributed by atoms with Crippen molar-refractivity contribution in [2.24, 2.45) is 5.41 Å². The highest BCUT2D eigenvalue weighted by molar-refractivity contribution is 4.92. The van der Waals surface area contributed by atoms with Gasteiger partial charge in [0.15, 0.2) is 0 Å². The van der Waals surface area contributed by atoms with Crippen LogP contribution in [0.25, 0.3) is 0 Å². The van der Waals surface area contributed by atoms with Crippen molar-refractivity contribution < 1.29 is 9.47 Å². The van der Waals surface area contributed by atoms with E-state index in [0.29, 0.717) is 19.3 Å². The van der Waals surface area contributed by atoms with Crippen molar-refractivity contribution in [3.8, 4) is 6.07 Å². The first-order valence-corrected chi connectivity index (χ1v) is 6.10. The summed E-state index contributed by atoms with van der Waals surface area (Å²) in [6.07, 6.45) is 0.862. The molecule has 0 saturated carbocycles. The molecule has 0 aromatic carbocycles. The summed E-state index contributed by atoms with van der Waals surface area (Å²) in [5.41, 5.74) is -0.266. The molecule has 0 bridgehead atoms. The van der Waals surface area contributed by atoms with Crippen LogP contribution in [0.4, 0.5) is 0 Å². The van der Waals surface area contributed by atoms with Crippen LogP contribution < -0.4 is 0 Å². The molecule has 1 atom stereocenters. The molecule has 0 aromatic rings. The predicted molar refractivity (Wildman–Crippen MR) is 68.8 cm³/mol. The number of rotatable bonds is 9. The van der Waals surface area contributed by atoms with Gasteiger partial charge in [0.05, 0.1) is 24.7 Å². The zero-order chi connectivity index (χ0) is 13.3. The summed E-state index contributed by atoms with van der Waals surface area (Å²) >= 11 is 0. The van der Waals surface area contributed by atoms with Crippen molar-refractivity contribution >= 4 is 0 Å². The molecule has 4 heteroatoms. The summed E-state index contributed by atoms with van der Waals surface area (Å²) in [5.74, 6) is 0. The molecule has 1 unspecified atom stereocenters. The molecule has 4 nitrogen and oxygen atoms in total. The molecule has 0 aliphatic carbocycles. The van der Waals surface area contributed by atoms with Gasteiger partial charge in [-0.1, -0.05) is 0 Å². The molecular weight excluding hydrogens is 216 g/mol. The van der Waals surface area contributed by atoms with E-state index in [0.717, 1.165) is 19.5 Å². The van der Waals surface area contributed by atoms with E-state index < -0.39 is 0 Å². The van der Waals surface area contributed by atoms with E-state index >= 15 is 0 Å². The smallest absolute Gasteiger partial charge is 0.0684 e. The molecule has 17 heavy (non-hydrogen) atoms. The Morgan fingerprint density at radius 3 is 2.35 bits per heavy atom. The minimum absolute atomic E-state index is 0.266. The van der Waals surface area contributed by atoms with Gasteiger partial charge in [0, 0.05) is 33.4 Å². The molecule has 0 spiro atoms.